The lowest BCUT2D eigenvalue weighted by atomic mass is 9.71. The van der Waals surface area contributed by atoms with Crippen molar-refractivity contribution in [3.63, 3.8) is 0 Å². The van der Waals surface area contributed by atoms with Gasteiger partial charge in [0.05, 0.1) is 7.11 Å². The van der Waals surface area contributed by atoms with E-state index in [1.807, 2.05) is 6.92 Å². The van der Waals surface area contributed by atoms with Gasteiger partial charge in [0.2, 0.25) is 0 Å². The van der Waals surface area contributed by atoms with Crippen LogP contribution >= 0.6 is 0 Å². The van der Waals surface area contributed by atoms with Crippen molar-refractivity contribution in [2.45, 2.75) is 19.4 Å². The number of nitrogens with zero attached hydrogens (tertiary/aromatic N) is 4. The van der Waals surface area contributed by atoms with Crippen molar-refractivity contribution >= 4 is 0 Å². The number of nitrogens with one attached hydrogen (secondary N) is 1. The molecule has 134 valence electrons. The third-order valence-corrected chi connectivity index (χ3v) is 5.46. The van der Waals surface area contributed by atoms with Crippen molar-refractivity contribution in [3.8, 4) is 5.75 Å². The van der Waals surface area contributed by atoms with E-state index in [0.717, 1.165) is 49.1 Å². The number of aromatic nitrogens is 3. The van der Waals surface area contributed by atoms with Crippen molar-refractivity contribution in [2.75, 3.05) is 40.3 Å². The number of H-pyrrole nitrogens is 1. The van der Waals surface area contributed by atoms with Crippen LogP contribution in [0.15, 0.2) is 18.2 Å². The third-order valence-electron chi connectivity index (χ3n) is 5.46. The van der Waals surface area contributed by atoms with E-state index < -0.39 is 0 Å². The second kappa shape index (κ2) is 6.07. The fourth-order valence-electron chi connectivity index (χ4n) is 4.48. The largest absolute Gasteiger partial charge is 0.496 e. The van der Waals surface area contributed by atoms with Gasteiger partial charge in [-0.1, -0.05) is 0 Å². The SMILES string of the molecule is COc1ccc(F)cc1CN1CC2(CN(C)CC2c2n[nH]c(C)n2)C1. The van der Waals surface area contributed by atoms with E-state index in [1.54, 1.807) is 19.2 Å². The molecule has 0 radical (unpaired) electrons. The molecule has 2 aliphatic heterocycles. The number of aromatic amines is 1. The summed E-state index contributed by atoms with van der Waals surface area (Å²) in [6.45, 7) is 6.60. The minimum Gasteiger partial charge on any atom is -0.496 e. The Kier molecular flexibility index (Phi) is 4.00. The van der Waals surface area contributed by atoms with Crippen LogP contribution in [-0.2, 0) is 6.54 Å². The Morgan fingerprint density at radius 2 is 2.16 bits per heavy atom. The molecule has 2 fully saturated rings. The lowest BCUT2D eigenvalue weighted by Crippen LogP contribution is -2.59. The lowest BCUT2D eigenvalue weighted by Gasteiger charge is -2.50. The highest BCUT2D eigenvalue weighted by atomic mass is 19.1. The molecule has 0 aliphatic carbocycles. The summed E-state index contributed by atoms with van der Waals surface area (Å²) >= 11 is 0. The van der Waals surface area contributed by atoms with Crippen molar-refractivity contribution in [3.05, 3.63) is 41.2 Å². The van der Waals surface area contributed by atoms with E-state index in [4.69, 9.17) is 4.74 Å². The smallest absolute Gasteiger partial charge is 0.155 e. The first-order chi connectivity index (χ1) is 12.0. The summed E-state index contributed by atoms with van der Waals surface area (Å²) in [7, 11) is 3.78. The molecule has 0 amide bonds. The molecule has 0 saturated carbocycles. The summed E-state index contributed by atoms with van der Waals surface area (Å²) in [5.41, 5.74) is 1.08. The number of methoxy groups -OCH3 is 1. The predicted octanol–water partition coefficient (Wildman–Crippen LogP) is 1.79. The summed E-state index contributed by atoms with van der Waals surface area (Å²) in [5.74, 6) is 2.64. The van der Waals surface area contributed by atoms with Gasteiger partial charge in [-0.2, -0.15) is 5.10 Å². The zero-order chi connectivity index (χ0) is 17.6. The molecule has 25 heavy (non-hydrogen) atoms. The fourth-order valence-corrected chi connectivity index (χ4v) is 4.48. The van der Waals surface area contributed by atoms with Gasteiger partial charge in [-0.15, -0.1) is 0 Å². The molecule has 2 saturated heterocycles. The molecule has 7 heteroatoms. The zero-order valence-electron chi connectivity index (χ0n) is 14.9. The van der Waals surface area contributed by atoms with Crippen molar-refractivity contribution in [1.82, 2.24) is 25.0 Å². The van der Waals surface area contributed by atoms with E-state index in [9.17, 15) is 4.39 Å². The number of likely N-dealkylation sites (tertiary alicyclic amines) is 2. The van der Waals surface area contributed by atoms with E-state index in [0.29, 0.717) is 12.5 Å². The zero-order valence-corrected chi connectivity index (χ0v) is 14.9. The van der Waals surface area contributed by atoms with Gasteiger partial charge in [0.1, 0.15) is 17.4 Å². The number of hydrogen-bond donors (Lipinski definition) is 1. The molecule has 2 aromatic rings. The molecule has 4 rings (SSSR count). The number of likely N-dealkylation sites (N-methyl/N-ethyl adjacent to an activating group) is 1. The highest BCUT2D eigenvalue weighted by Gasteiger charge is 2.54. The van der Waals surface area contributed by atoms with Crippen molar-refractivity contribution in [2.24, 2.45) is 5.41 Å². The summed E-state index contributed by atoms with van der Waals surface area (Å²) in [5, 5.41) is 7.37. The molecule has 6 nitrogen and oxygen atoms in total. The molecule has 3 heterocycles. The van der Waals surface area contributed by atoms with Gasteiger partial charge in [0.25, 0.3) is 0 Å². The summed E-state index contributed by atoms with van der Waals surface area (Å²) in [6.07, 6.45) is 0. The first-order valence-electron chi connectivity index (χ1n) is 8.61. The quantitative estimate of drug-likeness (QED) is 0.916. The van der Waals surface area contributed by atoms with Crippen molar-refractivity contribution < 1.29 is 9.13 Å². The normalized spacial score (nSPS) is 23.1. The Balaban J connectivity index is 1.49. The number of ether oxygens (including phenoxy) is 1. The molecule has 2 aliphatic rings. The molecule has 1 atom stereocenters. The van der Waals surface area contributed by atoms with Crippen LogP contribution in [0.1, 0.15) is 23.1 Å². The average molecular weight is 345 g/mol. The van der Waals surface area contributed by atoms with Gasteiger partial charge in [0, 0.05) is 49.6 Å². The Bertz CT molecular complexity index is 771. The number of rotatable bonds is 4. The minimum absolute atomic E-state index is 0.184. The van der Waals surface area contributed by atoms with E-state index >= 15 is 0 Å². The predicted molar refractivity (Wildman–Crippen MR) is 92.0 cm³/mol. The van der Waals surface area contributed by atoms with Crippen LogP contribution < -0.4 is 4.74 Å². The standard InChI is InChI=1S/C18H24FN5O/c1-12-20-17(22-21-12)15-8-23(2)9-18(15)10-24(11-18)7-13-6-14(19)4-5-16(13)25-3/h4-6,15H,7-11H2,1-3H3,(H,20,21,22). The molecule has 1 aromatic carbocycles. The topological polar surface area (TPSA) is 57.3 Å². The third kappa shape index (κ3) is 2.91. The Labute approximate surface area is 147 Å². The highest BCUT2D eigenvalue weighted by Crippen LogP contribution is 2.48. The molecular formula is C18H24FN5O. The number of aryl methyl sites for hydroxylation is 1. The summed E-state index contributed by atoms with van der Waals surface area (Å²) in [4.78, 5) is 9.28. The molecular weight excluding hydrogens is 321 g/mol. The van der Waals surface area contributed by atoms with Crippen LogP contribution in [0.2, 0.25) is 0 Å². The van der Waals surface area contributed by atoms with Crippen LogP contribution in [-0.4, -0.2) is 65.3 Å². The Morgan fingerprint density at radius 3 is 2.84 bits per heavy atom. The van der Waals surface area contributed by atoms with Gasteiger partial charge >= 0.3 is 0 Å². The van der Waals surface area contributed by atoms with E-state index in [2.05, 4.69) is 32.0 Å². The number of halogens is 1. The van der Waals surface area contributed by atoms with Gasteiger partial charge < -0.3 is 9.64 Å². The molecule has 0 bridgehead atoms. The maximum atomic E-state index is 13.6. The molecule has 1 unspecified atom stereocenters. The molecule has 1 spiro atoms. The number of hydrogen-bond acceptors (Lipinski definition) is 5. The van der Waals surface area contributed by atoms with Crippen LogP contribution in [0.25, 0.3) is 0 Å². The second-order valence-electron chi connectivity index (χ2n) is 7.49. The Hall–Kier alpha value is -1.99. The van der Waals surface area contributed by atoms with Crippen LogP contribution in [0.4, 0.5) is 4.39 Å². The first kappa shape index (κ1) is 16.5. The van der Waals surface area contributed by atoms with Crippen LogP contribution in [0, 0.1) is 18.2 Å². The van der Waals surface area contributed by atoms with Crippen LogP contribution in [0.5, 0.6) is 5.75 Å². The number of benzene rings is 1. The van der Waals surface area contributed by atoms with Gasteiger partial charge in [-0.25, -0.2) is 9.37 Å². The summed E-state index contributed by atoms with van der Waals surface area (Å²) in [6, 6.07) is 4.71. The van der Waals surface area contributed by atoms with E-state index in [-0.39, 0.29) is 11.2 Å². The Morgan fingerprint density at radius 1 is 1.36 bits per heavy atom. The highest BCUT2D eigenvalue weighted by molar-refractivity contribution is 5.34. The summed E-state index contributed by atoms with van der Waals surface area (Å²) < 4.78 is 19.0. The first-order valence-corrected chi connectivity index (χ1v) is 8.61. The fraction of sp³-hybridized carbons (Fsp3) is 0.556. The van der Waals surface area contributed by atoms with Gasteiger partial charge in [0.15, 0.2) is 5.82 Å². The van der Waals surface area contributed by atoms with E-state index in [1.165, 1.54) is 6.07 Å². The van der Waals surface area contributed by atoms with Crippen molar-refractivity contribution in [1.29, 1.82) is 0 Å². The average Bonchev–Trinajstić information content (AvgIpc) is 3.10. The second-order valence-corrected chi connectivity index (χ2v) is 7.49. The van der Waals surface area contributed by atoms with Gasteiger partial charge in [-0.3, -0.25) is 10.00 Å². The lowest BCUT2D eigenvalue weighted by molar-refractivity contribution is -0.00986. The van der Waals surface area contributed by atoms with Gasteiger partial charge in [-0.05, 0) is 32.2 Å². The molecule has 1 aromatic heterocycles. The monoisotopic (exact) mass is 345 g/mol. The minimum atomic E-state index is -0.222. The molecule has 1 N–H and O–H groups in total. The maximum Gasteiger partial charge on any atom is 0.155 e. The maximum absolute atomic E-state index is 13.6. The van der Waals surface area contributed by atoms with Crippen LogP contribution in [0.3, 0.4) is 0 Å².